The van der Waals surface area contributed by atoms with E-state index in [1.54, 1.807) is 0 Å². The summed E-state index contributed by atoms with van der Waals surface area (Å²) >= 11 is 1.25. The second kappa shape index (κ2) is 5.88. The number of carboxylic acid groups (broad SMARTS) is 1. The van der Waals surface area contributed by atoms with E-state index >= 15 is 0 Å². The molecule has 0 unspecified atom stereocenters. The number of benzene rings is 1. The minimum absolute atomic E-state index is 0.00275. The maximum atomic E-state index is 12.6. The molecular formula is C16H16N2O3S. The van der Waals surface area contributed by atoms with Crippen LogP contribution in [0.25, 0.3) is 0 Å². The molecule has 0 aliphatic heterocycles. The van der Waals surface area contributed by atoms with Crippen molar-refractivity contribution in [2.75, 3.05) is 0 Å². The van der Waals surface area contributed by atoms with E-state index in [0.717, 1.165) is 24.8 Å². The summed E-state index contributed by atoms with van der Waals surface area (Å²) in [6.45, 7) is 0.269. The Hall–Kier alpha value is -2.21. The number of carbonyl (C=O) groups excluding carboxylic acids is 1. The Bertz CT molecular complexity index is 692. The molecular weight excluding hydrogens is 300 g/mol. The maximum absolute atomic E-state index is 12.6. The van der Waals surface area contributed by atoms with E-state index < -0.39 is 11.4 Å². The zero-order chi connectivity index (χ0) is 15.6. The smallest absolute Gasteiger partial charge is 0.355 e. The SMILES string of the molecule is O=C(O)c1csc(CNC(=O)C2(c3ccccc3)CCC2)n1. The van der Waals surface area contributed by atoms with Gasteiger partial charge in [0.1, 0.15) is 5.01 Å². The lowest BCUT2D eigenvalue weighted by atomic mass is 9.64. The van der Waals surface area contributed by atoms with E-state index in [9.17, 15) is 9.59 Å². The van der Waals surface area contributed by atoms with Crippen molar-refractivity contribution in [3.8, 4) is 0 Å². The maximum Gasteiger partial charge on any atom is 0.355 e. The molecule has 2 aromatic rings. The first-order valence-electron chi connectivity index (χ1n) is 7.13. The third-order valence-corrected chi connectivity index (χ3v) is 4.99. The molecule has 1 aromatic carbocycles. The normalized spacial score (nSPS) is 15.8. The first-order valence-corrected chi connectivity index (χ1v) is 8.01. The van der Waals surface area contributed by atoms with Crippen LogP contribution in [0.5, 0.6) is 0 Å². The molecule has 6 heteroatoms. The van der Waals surface area contributed by atoms with Gasteiger partial charge in [-0.25, -0.2) is 9.78 Å². The Morgan fingerprint density at radius 1 is 1.27 bits per heavy atom. The Kier molecular flexibility index (Phi) is 3.94. The summed E-state index contributed by atoms with van der Waals surface area (Å²) < 4.78 is 0. The standard InChI is InChI=1S/C16H16N2O3S/c19-14(20)12-10-22-13(18-12)9-17-15(21)16(7-4-8-16)11-5-2-1-3-6-11/h1-3,5-6,10H,4,7-9H2,(H,17,21)(H,19,20). The first-order chi connectivity index (χ1) is 10.6. The minimum atomic E-state index is -1.05. The number of aromatic nitrogens is 1. The molecule has 0 saturated heterocycles. The molecule has 1 aliphatic carbocycles. The van der Waals surface area contributed by atoms with Crippen LogP contribution >= 0.6 is 11.3 Å². The summed E-state index contributed by atoms with van der Waals surface area (Å²) in [5.41, 5.74) is 0.633. The van der Waals surface area contributed by atoms with Crippen LogP contribution in [-0.4, -0.2) is 22.0 Å². The van der Waals surface area contributed by atoms with Crippen LogP contribution in [0, 0.1) is 0 Å². The average Bonchev–Trinajstić information content (AvgIpc) is 2.94. The van der Waals surface area contributed by atoms with Crippen molar-refractivity contribution in [3.05, 3.63) is 52.0 Å². The van der Waals surface area contributed by atoms with Gasteiger partial charge in [0.05, 0.1) is 12.0 Å². The fraction of sp³-hybridized carbons (Fsp3) is 0.312. The summed E-state index contributed by atoms with van der Waals surface area (Å²) in [7, 11) is 0. The molecule has 1 amide bonds. The summed E-state index contributed by atoms with van der Waals surface area (Å²) in [4.78, 5) is 27.4. The quantitative estimate of drug-likeness (QED) is 0.888. The summed E-state index contributed by atoms with van der Waals surface area (Å²) in [6.07, 6.45) is 2.74. The van der Waals surface area contributed by atoms with Gasteiger partial charge in [0.2, 0.25) is 5.91 Å². The number of hydrogen-bond donors (Lipinski definition) is 2. The van der Waals surface area contributed by atoms with Gasteiger partial charge in [-0.2, -0.15) is 0 Å². The molecule has 0 bridgehead atoms. The minimum Gasteiger partial charge on any atom is -0.476 e. The molecule has 22 heavy (non-hydrogen) atoms. The van der Waals surface area contributed by atoms with Gasteiger partial charge < -0.3 is 10.4 Å². The van der Waals surface area contributed by atoms with Gasteiger partial charge in [0.15, 0.2) is 5.69 Å². The number of carbonyl (C=O) groups is 2. The molecule has 114 valence electrons. The van der Waals surface area contributed by atoms with Crippen LogP contribution in [-0.2, 0) is 16.8 Å². The van der Waals surface area contributed by atoms with E-state index in [-0.39, 0.29) is 18.1 Å². The number of carboxylic acids is 1. The molecule has 0 radical (unpaired) electrons. The number of hydrogen-bond acceptors (Lipinski definition) is 4. The summed E-state index contributed by atoms with van der Waals surface area (Å²) in [5, 5.41) is 13.9. The van der Waals surface area contributed by atoms with E-state index in [1.807, 2.05) is 30.3 Å². The van der Waals surface area contributed by atoms with Gasteiger partial charge >= 0.3 is 5.97 Å². The monoisotopic (exact) mass is 316 g/mol. The molecule has 1 aliphatic rings. The van der Waals surface area contributed by atoms with Gasteiger partial charge in [-0.05, 0) is 18.4 Å². The second-order valence-electron chi connectivity index (χ2n) is 5.42. The Labute approximate surface area is 132 Å². The topological polar surface area (TPSA) is 79.3 Å². The highest BCUT2D eigenvalue weighted by molar-refractivity contribution is 7.09. The molecule has 1 fully saturated rings. The predicted molar refractivity (Wildman–Crippen MR) is 82.9 cm³/mol. The number of aromatic carboxylic acids is 1. The third kappa shape index (κ3) is 2.62. The van der Waals surface area contributed by atoms with E-state index in [0.29, 0.717) is 5.01 Å². The van der Waals surface area contributed by atoms with Crippen LogP contribution in [0.1, 0.15) is 40.3 Å². The van der Waals surface area contributed by atoms with Crippen molar-refractivity contribution >= 4 is 23.2 Å². The number of nitrogens with zero attached hydrogens (tertiary/aromatic N) is 1. The first kappa shape index (κ1) is 14.7. The summed E-state index contributed by atoms with van der Waals surface area (Å²) in [6, 6.07) is 9.82. The highest BCUT2D eigenvalue weighted by Crippen LogP contribution is 2.43. The molecule has 0 atom stereocenters. The molecule has 3 rings (SSSR count). The van der Waals surface area contributed by atoms with Gasteiger partial charge in [0, 0.05) is 5.38 Å². The molecule has 1 saturated carbocycles. The van der Waals surface area contributed by atoms with Crippen molar-refractivity contribution in [2.24, 2.45) is 0 Å². The predicted octanol–water partition coefficient (Wildman–Crippen LogP) is 2.58. The fourth-order valence-electron chi connectivity index (χ4n) is 2.75. The van der Waals surface area contributed by atoms with E-state index in [2.05, 4.69) is 10.3 Å². The van der Waals surface area contributed by atoms with Crippen LogP contribution in [0.3, 0.4) is 0 Å². The van der Waals surface area contributed by atoms with Gasteiger partial charge in [0.25, 0.3) is 0 Å². The zero-order valence-corrected chi connectivity index (χ0v) is 12.7. The van der Waals surface area contributed by atoms with Crippen molar-refractivity contribution in [2.45, 2.75) is 31.2 Å². The highest BCUT2D eigenvalue weighted by atomic mass is 32.1. The van der Waals surface area contributed by atoms with Crippen LogP contribution in [0.4, 0.5) is 0 Å². The lowest BCUT2D eigenvalue weighted by Crippen LogP contribution is -2.48. The molecule has 1 heterocycles. The van der Waals surface area contributed by atoms with Gasteiger partial charge in [-0.3, -0.25) is 4.79 Å². The van der Waals surface area contributed by atoms with Crippen molar-refractivity contribution in [1.29, 1.82) is 0 Å². The largest absolute Gasteiger partial charge is 0.476 e. The van der Waals surface area contributed by atoms with Gasteiger partial charge in [-0.15, -0.1) is 11.3 Å². The van der Waals surface area contributed by atoms with Crippen LogP contribution < -0.4 is 5.32 Å². The van der Waals surface area contributed by atoms with Gasteiger partial charge in [-0.1, -0.05) is 36.8 Å². The van der Waals surface area contributed by atoms with Crippen LogP contribution in [0.15, 0.2) is 35.7 Å². The molecule has 0 spiro atoms. The van der Waals surface area contributed by atoms with Crippen molar-refractivity contribution in [3.63, 3.8) is 0 Å². The second-order valence-corrected chi connectivity index (χ2v) is 6.36. The van der Waals surface area contributed by atoms with E-state index in [1.165, 1.54) is 16.7 Å². The van der Waals surface area contributed by atoms with E-state index in [4.69, 9.17) is 5.11 Å². The van der Waals surface area contributed by atoms with Crippen molar-refractivity contribution in [1.82, 2.24) is 10.3 Å². The number of thiazole rings is 1. The van der Waals surface area contributed by atoms with Crippen LogP contribution in [0.2, 0.25) is 0 Å². The summed E-state index contributed by atoms with van der Waals surface area (Å²) in [5.74, 6) is -1.05. The third-order valence-electron chi connectivity index (χ3n) is 4.14. The number of amides is 1. The lowest BCUT2D eigenvalue weighted by Gasteiger charge is -2.40. The molecule has 5 nitrogen and oxygen atoms in total. The average molecular weight is 316 g/mol. The fourth-order valence-corrected chi connectivity index (χ4v) is 3.46. The van der Waals surface area contributed by atoms with Crippen molar-refractivity contribution < 1.29 is 14.7 Å². The molecule has 2 N–H and O–H groups in total. The molecule has 1 aromatic heterocycles. The number of nitrogens with one attached hydrogen (secondary N) is 1. The highest BCUT2D eigenvalue weighted by Gasteiger charge is 2.45. The number of rotatable bonds is 5. The zero-order valence-electron chi connectivity index (χ0n) is 11.9. The Balaban J connectivity index is 1.69. The lowest BCUT2D eigenvalue weighted by molar-refractivity contribution is -0.130. The Morgan fingerprint density at radius 3 is 2.55 bits per heavy atom. The Morgan fingerprint density at radius 2 is 2.00 bits per heavy atom.